The van der Waals surface area contributed by atoms with Gasteiger partial charge in [-0.25, -0.2) is 0 Å². The van der Waals surface area contributed by atoms with Crippen LogP contribution in [0.1, 0.15) is 11.3 Å². The number of hydrogen-bond acceptors (Lipinski definition) is 6. The fourth-order valence-electron chi connectivity index (χ4n) is 2.87. The summed E-state index contributed by atoms with van der Waals surface area (Å²) in [5.41, 5.74) is 1.50. The van der Waals surface area contributed by atoms with Crippen molar-refractivity contribution in [2.24, 2.45) is 0 Å². The first-order valence-electron chi connectivity index (χ1n) is 8.75. The fourth-order valence-corrected chi connectivity index (χ4v) is 4.05. The van der Waals surface area contributed by atoms with E-state index in [0.717, 1.165) is 25.8 Å². The number of hydrogen-bond donors (Lipinski definition) is 0. The molecule has 30 heavy (non-hydrogen) atoms. The Balaban J connectivity index is 1.50. The number of imide groups is 1. The number of nitro benzene ring substituents is 1. The predicted molar refractivity (Wildman–Crippen MR) is 121 cm³/mol. The summed E-state index contributed by atoms with van der Waals surface area (Å²) in [4.78, 5) is 36.6. The van der Waals surface area contributed by atoms with E-state index in [2.05, 4.69) is 22.6 Å². The lowest BCUT2D eigenvalue weighted by Crippen LogP contribution is -2.27. The average molecular weight is 532 g/mol. The van der Waals surface area contributed by atoms with Crippen LogP contribution in [0.25, 0.3) is 17.4 Å². The summed E-state index contributed by atoms with van der Waals surface area (Å²) < 4.78 is 6.92. The third-order valence-corrected chi connectivity index (χ3v) is 6.02. The lowest BCUT2D eigenvalue weighted by atomic mass is 10.2. The maximum Gasteiger partial charge on any atom is 0.293 e. The second-order valence-electron chi connectivity index (χ2n) is 6.40. The first kappa shape index (κ1) is 20.4. The third kappa shape index (κ3) is 4.31. The summed E-state index contributed by atoms with van der Waals surface area (Å²) >= 11 is 3.07. The van der Waals surface area contributed by atoms with Crippen molar-refractivity contribution in [2.75, 3.05) is 0 Å². The van der Waals surface area contributed by atoms with Crippen LogP contribution in [0.15, 0.2) is 70.0 Å². The fraction of sp³-hybridized carbons (Fsp3) is 0.0476. The second kappa shape index (κ2) is 8.44. The summed E-state index contributed by atoms with van der Waals surface area (Å²) in [5.74, 6) is 0.725. The molecule has 0 bridgehead atoms. The van der Waals surface area contributed by atoms with Gasteiger partial charge < -0.3 is 4.42 Å². The zero-order valence-electron chi connectivity index (χ0n) is 15.3. The van der Waals surface area contributed by atoms with E-state index in [0.29, 0.717) is 17.1 Å². The lowest BCUT2D eigenvalue weighted by Gasteiger charge is -2.12. The van der Waals surface area contributed by atoms with Crippen LogP contribution in [0.2, 0.25) is 0 Å². The normalized spacial score (nSPS) is 15.2. The molecule has 0 atom stereocenters. The van der Waals surface area contributed by atoms with Crippen LogP contribution in [0.4, 0.5) is 10.5 Å². The molecule has 0 unspecified atom stereocenters. The molecule has 3 aromatic rings. The Morgan fingerprint density at radius 1 is 1.03 bits per heavy atom. The average Bonchev–Trinajstić information content (AvgIpc) is 3.29. The Labute approximate surface area is 189 Å². The monoisotopic (exact) mass is 532 g/mol. The second-order valence-corrected chi connectivity index (χ2v) is 8.64. The minimum atomic E-state index is -0.500. The number of halogens is 1. The summed E-state index contributed by atoms with van der Waals surface area (Å²) in [6.45, 7) is 0.0477. The Morgan fingerprint density at radius 2 is 1.73 bits per heavy atom. The molecule has 0 aliphatic carbocycles. The summed E-state index contributed by atoms with van der Waals surface area (Å²) in [7, 11) is 0. The third-order valence-electron chi connectivity index (χ3n) is 4.39. The minimum absolute atomic E-state index is 0.0467. The quantitative estimate of drug-likeness (QED) is 0.181. The van der Waals surface area contributed by atoms with Gasteiger partial charge in [0.05, 0.1) is 16.4 Å². The SMILES string of the molecule is O=C1S/C(=C\c2ccc(-c3ccc(I)cc3)o2)C(=O)N1Cc1ccc([N+](=O)[O-])cc1. The number of nitro groups is 1. The number of amides is 2. The zero-order valence-corrected chi connectivity index (χ0v) is 18.3. The van der Waals surface area contributed by atoms with Gasteiger partial charge in [0.25, 0.3) is 16.8 Å². The molecule has 0 radical (unpaired) electrons. The van der Waals surface area contributed by atoms with Crippen molar-refractivity contribution < 1.29 is 18.9 Å². The molecule has 4 rings (SSSR count). The lowest BCUT2D eigenvalue weighted by molar-refractivity contribution is -0.384. The van der Waals surface area contributed by atoms with Crippen molar-refractivity contribution in [3.8, 4) is 11.3 Å². The van der Waals surface area contributed by atoms with Gasteiger partial charge in [-0.1, -0.05) is 24.3 Å². The van der Waals surface area contributed by atoms with Crippen molar-refractivity contribution in [3.05, 3.63) is 90.6 Å². The highest BCUT2D eigenvalue weighted by molar-refractivity contribution is 14.1. The van der Waals surface area contributed by atoms with Crippen LogP contribution >= 0.6 is 34.4 Å². The minimum Gasteiger partial charge on any atom is -0.457 e. The number of thioether (sulfide) groups is 1. The summed E-state index contributed by atoms with van der Waals surface area (Å²) in [6, 6.07) is 17.2. The standard InChI is InChI=1S/C21H13IN2O5S/c22-15-5-3-14(4-6-15)18-10-9-17(29-18)11-19-20(25)23(21(26)30-19)12-13-1-7-16(8-2-13)24(27)28/h1-11H,12H2/b19-11-. The van der Waals surface area contributed by atoms with Crippen LogP contribution in [-0.2, 0) is 11.3 Å². The molecule has 2 heterocycles. The van der Waals surface area contributed by atoms with E-state index in [-0.39, 0.29) is 17.1 Å². The van der Waals surface area contributed by atoms with Gasteiger partial charge in [0.15, 0.2) is 0 Å². The number of nitrogens with zero attached hydrogens (tertiary/aromatic N) is 2. The molecule has 1 aromatic heterocycles. The number of non-ortho nitro benzene ring substituents is 1. The molecule has 0 spiro atoms. The molecule has 0 saturated carbocycles. The molecule has 2 amide bonds. The van der Waals surface area contributed by atoms with E-state index < -0.39 is 16.1 Å². The van der Waals surface area contributed by atoms with E-state index >= 15 is 0 Å². The first-order chi connectivity index (χ1) is 14.4. The molecule has 1 fully saturated rings. The predicted octanol–water partition coefficient (Wildman–Crippen LogP) is 5.70. The van der Waals surface area contributed by atoms with Crippen molar-refractivity contribution >= 4 is 57.3 Å². The topological polar surface area (TPSA) is 93.7 Å². The number of carbonyl (C=O) groups is 2. The maximum atomic E-state index is 12.7. The van der Waals surface area contributed by atoms with Crippen LogP contribution in [0.5, 0.6) is 0 Å². The van der Waals surface area contributed by atoms with Gasteiger partial charge in [-0.2, -0.15) is 0 Å². The molecule has 1 aliphatic rings. The van der Waals surface area contributed by atoms with Gasteiger partial charge in [-0.05, 0) is 64.2 Å². The Hall–Kier alpha value is -2.92. The van der Waals surface area contributed by atoms with Crippen molar-refractivity contribution in [3.63, 3.8) is 0 Å². The van der Waals surface area contributed by atoms with E-state index in [1.165, 1.54) is 24.3 Å². The highest BCUT2D eigenvalue weighted by Crippen LogP contribution is 2.34. The van der Waals surface area contributed by atoms with Gasteiger partial charge in [-0.15, -0.1) is 0 Å². The number of carbonyl (C=O) groups excluding carboxylic acids is 2. The van der Waals surface area contributed by atoms with Crippen LogP contribution in [0.3, 0.4) is 0 Å². The van der Waals surface area contributed by atoms with Gasteiger partial charge in [0.1, 0.15) is 11.5 Å². The van der Waals surface area contributed by atoms with Crippen LogP contribution in [-0.4, -0.2) is 21.0 Å². The van der Waals surface area contributed by atoms with Crippen molar-refractivity contribution in [2.45, 2.75) is 6.54 Å². The first-order valence-corrected chi connectivity index (χ1v) is 10.6. The summed E-state index contributed by atoms with van der Waals surface area (Å²) in [5, 5.41) is 10.4. The molecule has 2 aromatic carbocycles. The molecule has 9 heteroatoms. The van der Waals surface area contributed by atoms with Crippen LogP contribution in [0, 0.1) is 13.7 Å². The Kier molecular flexibility index (Phi) is 5.73. The van der Waals surface area contributed by atoms with Gasteiger partial charge in [0.2, 0.25) is 0 Å². The van der Waals surface area contributed by atoms with E-state index in [9.17, 15) is 19.7 Å². The van der Waals surface area contributed by atoms with Gasteiger partial charge in [0, 0.05) is 27.3 Å². The molecule has 1 saturated heterocycles. The van der Waals surface area contributed by atoms with Gasteiger partial charge >= 0.3 is 0 Å². The largest absolute Gasteiger partial charge is 0.457 e. The van der Waals surface area contributed by atoms with Crippen molar-refractivity contribution in [1.82, 2.24) is 4.90 Å². The van der Waals surface area contributed by atoms with Crippen LogP contribution < -0.4 is 0 Å². The van der Waals surface area contributed by atoms with E-state index in [4.69, 9.17) is 4.42 Å². The summed E-state index contributed by atoms with van der Waals surface area (Å²) in [6.07, 6.45) is 1.55. The highest BCUT2D eigenvalue weighted by Gasteiger charge is 2.35. The molecule has 0 N–H and O–H groups in total. The molecule has 1 aliphatic heterocycles. The highest BCUT2D eigenvalue weighted by atomic mass is 127. The van der Waals surface area contributed by atoms with Crippen molar-refractivity contribution in [1.29, 1.82) is 0 Å². The smallest absolute Gasteiger partial charge is 0.293 e. The van der Waals surface area contributed by atoms with E-state index in [1.807, 2.05) is 30.3 Å². The molecule has 150 valence electrons. The maximum absolute atomic E-state index is 12.7. The molecular formula is C21H13IN2O5S. The van der Waals surface area contributed by atoms with E-state index in [1.54, 1.807) is 12.1 Å². The Bertz CT molecular complexity index is 1170. The Morgan fingerprint density at radius 3 is 2.40 bits per heavy atom. The zero-order chi connectivity index (χ0) is 21.3. The number of rotatable bonds is 5. The number of benzene rings is 2. The number of furan rings is 1. The molecule has 7 nitrogen and oxygen atoms in total. The molecular weight excluding hydrogens is 519 g/mol. The van der Waals surface area contributed by atoms with Gasteiger partial charge in [-0.3, -0.25) is 24.6 Å².